The van der Waals surface area contributed by atoms with Crippen molar-refractivity contribution in [3.05, 3.63) is 0 Å². The summed E-state index contributed by atoms with van der Waals surface area (Å²) in [5, 5.41) is 27.3. The van der Waals surface area contributed by atoms with Gasteiger partial charge in [0.15, 0.2) is 0 Å². The molecule has 0 aromatic rings. The minimum atomic E-state index is -0.906. The fraction of sp³-hybridized carbons (Fsp3) is 1.00. The molecule has 0 amide bonds. The van der Waals surface area contributed by atoms with Crippen molar-refractivity contribution in [3.63, 3.8) is 0 Å². The summed E-state index contributed by atoms with van der Waals surface area (Å²) in [7, 11) is 0. The molecule has 0 spiro atoms. The van der Waals surface area contributed by atoms with Crippen LogP contribution >= 0.6 is 12.4 Å². The zero-order valence-electron chi connectivity index (χ0n) is 6.77. The molecule has 0 bridgehead atoms. The van der Waals surface area contributed by atoms with Gasteiger partial charge in [-0.1, -0.05) is 0 Å². The molecular weight excluding hydrogens is 184 g/mol. The van der Waals surface area contributed by atoms with E-state index in [9.17, 15) is 10.2 Å². The van der Waals surface area contributed by atoms with E-state index in [1.54, 1.807) is 6.92 Å². The largest absolute Gasteiger partial charge is 0.395 e. The van der Waals surface area contributed by atoms with Crippen molar-refractivity contribution in [1.29, 1.82) is 0 Å². The summed E-state index contributed by atoms with van der Waals surface area (Å²) >= 11 is 0. The van der Waals surface area contributed by atoms with Crippen LogP contribution in [0.3, 0.4) is 0 Å². The van der Waals surface area contributed by atoms with Gasteiger partial charge < -0.3 is 15.3 Å². The maximum atomic E-state index is 9.30. The molecule has 0 saturated carbocycles. The topological polar surface area (TPSA) is 84.8 Å². The maximum absolute atomic E-state index is 9.30. The van der Waals surface area contributed by atoms with E-state index in [1.807, 2.05) is 0 Å². The SMILES string of the molecule is C[C@@H]1NN[C@@H](CO)[C@H](O)[C@@H]1O.Cl. The predicted molar refractivity (Wildman–Crippen MR) is 45.9 cm³/mol. The highest BCUT2D eigenvalue weighted by Crippen LogP contribution is 2.07. The van der Waals surface area contributed by atoms with E-state index in [4.69, 9.17) is 5.11 Å². The Labute approximate surface area is 77.2 Å². The molecule has 0 radical (unpaired) electrons. The lowest BCUT2D eigenvalue weighted by Crippen LogP contribution is -2.66. The average molecular weight is 199 g/mol. The first-order valence-corrected chi connectivity index (χ1v) is 3.65. The van der Waals surface area contributed by atoms with Crippen LogP contribution in [-0.2, 0) is 0 Å². The number of aliphatic hydroxyl groups is 3. The van der Waals surface area contributed by atoms with Crippen LogP contribution in [0.5, 0.6) is 0 Å². The van der Waals surface area contributed by atoms with E-state index in [1.165, 1.54) is 0 Å². The fourth-order valence-corrected chi connectivity index (χ4v) is 1.10. The molecular formula is C6H15ClN2O3. The van der Waals surface area contributed by atoms with Crippen LogP contribution in [0.25, 0.3) is 0 Å². The summed E-state index contributed by atoms with van der Waals surface area (Å²) in [6.07, 6.45) is -1.73. The van der Waals surface area contributed by atoms with Gasteiger partial charge in [0.05, 0.1) is 18.8 Å². The van der Waals surface area contributed by atoms with E-state index >= 15 is 0 Å². The van der Waals surface area contributed by atoms with E-state index in [0.717, 1.165) is 0 Å². The Morgan fingerprint density at radius 3 is 2.25 bits per heavy atom. The zero-order valence-corrected chi connectivity index (χ0v) is 7.58. The van der Waals surface area contributed by atoms with Gasteiger partial charge >= 0.3 is 0 Å². The van der Waals surface area contributed by atoms with Crippen molar-refractivity contribution < 1.29 is 15.3 Å². The number of halogens is 1. The summed E-state index contributed by atoms with van der Waals surface area (Å²) in [5.74, 6) is 0. The predicted octanol–water partition coefficient (Wildman–Crippen LogP) is -2.01. The molecule has 1 rings (SSSR count). The van der Waals surface area contributed by atoms with Gasteiger partial charge in [-0.05, 0) is 6.92 Å². The number of hydrogen-bond donors (Lipinski definition) is 5. The van der Waals surface area contributed by atoms with Crippen LogP contribution in [-0.4, -0.2) is 46.2 Å². The minimum Gasteiger partial charge on any atom is -0.395 e. The van der Waals surface area contributed by atoms with Crippen LogP contribution in [0.15, 0.2) is 0 Å². The van der Waals surface area contributed by atoms with Crippen molar-refractivity contribution in [1.82, 2.24) is 10.9 Å². The Morgan fingerprint density at radius 1 is 1.17 bits per heavy atom. The van der Waals surface area contributed by atoms with Crippen LogP contribution in [0.2, 0.25) is 0 Å². The van der Waals surface area contributed by atoms with Crippen molar-refractivity contribution >= 4 is 12.4 Å². The first kappa shape index (κ1) is 12.1. The highest BCUT2D eigenvalue weighted by molar-refractivity contribution is 5.85. The Bertz CT molecular complexity index is 136. The summed E-state index contributed by atoms with van der Waals surface area (Å²) < 4.78 is 0. The normalized spacial score (nSPS) is 42.0. The van der Waals surface area contributed by atoms with Gasteiger partial charge in [0.2, 0.25) is 0 Å². The van der Waals surface area contributed by atoms with Gasteiger partial charge in [0.25, 0.3) is 0 Å². The number of hydrazine groups is 1. The molecule has 4 atom stereocenters. The average Bonchev–Trinajstić information content (AvgIpc) is 2.01. The summed E-state index contributed by atoms with van der Waals surface area (Å²) in [4.78, 5) is 0. The highest BCUT2D eigenvalue weighted by atomic mass is 35.5. The molecule has 0 aliphatic carbocycles. The van der Waals surface area contributed by atoms with E-state index in [-0.39, 0.29) is 25.1 Å². The van der Waals surface area contributed by atoms with Crippen LogP contribution < -0.4 is 10.9 Å². The quantitative estimate of drug-likeness (QED) is 0.336. The lowest BCUT2D eigenvalue weighted by molar-refractivity contribution is -0.0639. The number of nitrogens with one attached hydrogen (secondary N) is 2. The Kier molecular flexibility index (Phi) is 5.00. The van der Waals surface area contributed by atoms with Gasteiger partial charge in [-0.2, -0.15) is 0 Å². The van der Waals surface area contributed by atoms with Crippen molar-refractivity contribution in [2.75, 3.05) is 6.61 Å². The second-order valence-corrected chi connectivity index (χ2v) is 2.85. The van der Waals surface area contributed by atoms with Crippen molar-refractivity contribution in [3.8, 4) is 0 Å². The molecule has 1 heterocycles. The molecule has 1 aliphatic rings. The first-order valence-electron chi connectivity index (χ1n) is 3.65. The zero-order chi connectivity index (χ0) is 8.43. The molecule has 74 valence electrons. The number of rotatable bonds is 1. The summed E-state index contributed by atoms with van der Waals surface area (Å²) in [6, 6.07) is -0.686. The highest BCUT2D eigenvalue weighted by Gasteiger charge is 2.34. The standard InChI is InChI=1S/C6H14N2O3.ClH/c1-3-5(10)6(11)4(2-9)8-7-3;/h3-11H,2H2,1H3;1H/t3-,4-,5+,6-;/m0./s1. The third-order valence-electron chi connectivity index (χ3n) is 1.97. The molecule has 1 aliphatic heterocycles. The maximum Gasteiger partial charge on any atom is 0.100 e. The molecule has 1 saturated heterocycles. The Morgan fingerprint density at radius 2 is 1.75 bits per heavy atom. The second-order valence-electron chi connectivity index (χ2n) is 2.85. The second kappa shape index (κ2) is 4.96. The molecule has 12 heavy (non-hydrogen) atoms. The molecule has 5 N–H and O–H groups in total. The molecule has 0 unspecified atom stereocenters. The molecule has 0 aromatic carbocycles. The van der Waals surface area contributed by atoms with Gasteiger partial charge in [-0.3, -0.25) is 5.43 Å². The lowest BCUT2D eigenvalue weighted by Gasteiger charge is -2.36. The fourth-order valence-electron chi connectivity index (χ4n) is 1.10. The van der Waals surface area contributed by atoms with Gasteiger partial charge in [-0.15, -0.1) is 12.4 Å². The monoisotopic (exact) mass is 198 g/mol. The summed E-state index contributed by atoms with van der Waals surface area (Å²) in [6.45, 7) is 1.55. The molecule has 5 nitrogen and oxygen atoms in total. The van der Waals surface area contributed by atoms with Crippen LogP contribution in [0.1, 0.15) is 6.92 Å². The molecule has 0 aromatic heterocycles. The van der Waals surface area contributed by atoms with Gasteiger partial charge in [0, 0.05) is 6.04 Å². The lowest BCUT2D eigenvalue weighted by atomic mass is 9.99. The number of hydrogen-bond acceptors (Lipinski definition) is 5. The van der Waals surface area contributed by atoms with Gasteiger partial charge in [0.1, 0.15) is 6.10 Å². The molecule has 6 heteroatoms. The first-order chi connectivity index (χ1) is 5.16. The van der Waals surface area contributed by atoms with Crippen LogP contribution in [0, 0.1) is 0 Å². The Balaban J connectivity index is 0.00000121. The van der Waals surface area contributed by atoms with E-state index < -0.39 is 18.2 Å². The van der Waals surface area contributed by atoms with Crippen molar-refractivity contribution in [2.24, 2.45) is 0 Å². The third-order valence-corrected chi connectivity index (χ3v) is 1.97. The number of aliphatic hydroxyl groups excluding tert-OH is 3. The minimum absolute atomic E-state index is 0. The third kappa shape index (κ3) is 2.29. The Hall–Kier alpha value is 0.0900. The van der Waals surface area contributed by atoms with Gasteiger partial charge in [-0.25, -0.2) is 5.43 Å². The van der Waals surface area contributed by atoms with Crippen LogP contribution in [0.4, 0.5) is 0 Å². The smallest absolute Gasteiger partial charge is 0.100 e. The van der Waals surface area contributed by atoms with E-state index in [2.05, 4.69) is 10.9 Å². The molecule has 1 fully saturated rings. The summed E-state index contributed by atoms with van der Waals surface area (Å²) in [5.41, 5.74) is 5.43. The van der Waals surface area contributed by atoms with Crippen molar-refractivity contribution in [2.45, 2.75) is 31.2 Å². The van der Waals surface area contributed by atoms with E-state index in [0.29, 0.717) is 0 Å².